The van der Waals surface area contributed by atoms with Gasteiger partial charge in [-0.3, -0.25) is 9.11 Å². The van der Waals surface area contributed by atoms with Gasteiger partial charge < -0.3 is 0 Å². The molecule has 37 heavy (non-hydrogen) atoms. The van der Waals surface area contributed by atoms with Gasteiger partial charge in [-0.1, -0.05) is 162 Å². The van der Waals surface area contributed by atoms with E-state index in [9.17, 15) is 25.9 Å². The summed E-state index contributed by atoms with van der Waals surface area (Å²) >= 11 is 0. The van der Waals surface area contributed by atoms with E-state index in [1.165, 1.54) is 0 Å². The lowest BCUT2D eigenvalue weighted by atomic mass is 10.4. The van der Waals surface area contributed by atoms with Gasteiger partial charge in [-0.05, 0) is 5.54 Å². The maximum atomic E-state index is 13.8. The lowest BCUT2D eigenvalue weighted by Gasteiger charge is -2.54. The first-order valence-corrected chi connectivity index (χ1v) is 23.4. The minimum Gasteiger partial charge on any atom is -0.285 e. The highest BCUT2D eigenvalue weighted by atomic mass is 32.3. The number of unbranched alkanes of at least 4 members (excludes halogenated alkanes) is 6. The average molecular weight is 601 g/mol. The summed E-state index contributed by atoms with van der Waals surface area (Å²) in [5.41, 5.74) is -0.758. The molecule has 1 atom stereocenters. The smallest absolute Gasteiger partial charge is 0.284 e. The molecule has 0 bridgehead atoms. The minimum atomic E-state index is -5.13. The normalized spacial score (nSPS) is 14.7. The van der Waals surface area contributed by atoms with Crippen molar-refractivity contribution in [2.45, 2.75) is 171 Å². The summed E-state index contributed by atoms with van der Waals surface area (Å²) in [5.74, 6) is 0. The molecular formula is C27H60O6S2Si2. The van der Waals surface area contributed by atoms with E-state index in [0.29, 0.717) is 37.4 Å². The molecule has 0 heterocycles. The highest BCUT2D eigenvalue weighted by Crippen LogP contribution is 2.57. The van der Waals surface area contributed by atoms with Crippen molar-refractivity contribution < 1.29 is 25.9 Å². The van der Waals surface area contributed by atoms with Crippen LogP contribution in [0.15, 0.2) is 0 Å². The Morgan fingerprint density at radius 1 is 0.541 bits per heavy atom. The van der Waals surface area contributed by atoms with E-state index in [0.717, 1.165) is 75.9 Å². The summed E-state index contributed by atoms with van der Waals surface area (Å²) in [6, 6.07) is 4.06. The first-order valence-electron chi connectivity index (χ1n) is 15.2. The van der Waals surface area contributed by atoms with Gasteiger partial charge in [-0.2, -0.15) is 16.8 Å². The fraction of sp³-hybridized carbons (Fsp3) is 1.00. The molecular weight excluding hydrogens is 541 g/mol. The van der Waals surface area contributed by atoms with E-state index in [1.807, 2.05) is 27.7 Å². The minimum absolute atomic E-state index is 0.507. The molecule has 0 amide bonds. The molecule has 0 radical (unpaired) electrons. The third-order valence-electron chi connectivity index (χ3n) is 9.11. The fourth-order valence-corrected chi connectivity index (χ4v) is 31.3. The Morgan fingerprint density at radius 2 is 0.784 bits per heavy atom. The van der Waals surface area contributed by atoms with Gasteiger partial charge in [0.1, 0.15) is 8.07 Å². The van der Waals surface area contributed by atoms with Gasteiger partial charge in [-0.25, -0.2) is 0 Å². The zero-order chi connectivity index (χ0) is 28.8. The van der Waals surface area contributed by atoms with E-state index in [2.05, 4.69) is 20.8 Å². The summed E-state index contributed by atoms with van der Waals surface area (Å²) in [6.45, 7) is 14.3. The molecule has 0 aliphatic carbocycles. The van der Waals surface area contributed by atoms with Crippen LogP contribution in [0.4, 0.5) is 0 Å². The van der Waals surface area contributed by atoms with Crippen molar-refractivity contribution in [3.05, 3.63) is 0 Å². The molecule has 0 saturated carbocycles. The Morgan fingerprint density at radius 3 is 1.00 bits per heavy atom. The van der Waals surface area contributed by atoms with Gasteiger partial charge in [-0.15, -0.1) is 0 Å². The topological polar surface area (TPSA) is 109 Å². The summed E-state index contributed by atoms with van der Waals surface area (Å²) in [5, 5.41) is 0. The third kappa shape index (κ3) is 8.87. The van der Waals surface area contributed by atoms with E-state index < -0.39 is 45.6 Å². The van der Waals surface area contributed by atoms with Crippen molar-refractivity contribution in [3.63, 3.8) is 0 Å². The van der Waals surface area contributed by atoms with Crippen LogP contribution in [0.25, 0.3) is 0 Å². The highest BCUT2D eigenvalue weighted by molar-refractivity contribution is 8.08. The van der Waals surface area contributed by atoms with E-state index in [1.54, 1.807) is 0 Å². The Kier molecular flexibility index (Phi) is 17.3. The zero-order valence-electron chi connectivity index (χ0n) is 25.1. The average Bonchev–Trinajstić information content (AvgIpc) is 2.82. The molecule has 0 rings (SSSR count). The largest absolute Gasteiger partial charge is 0.285 e. The monoisotopic (exact) mass is 600 g/mol. The molecule has 0 aromatic heterocycles. The van der Waals surface area contributed by atoms with Crippen LogP contribution in [-0.4, -0.2) is 45.8 Å². The summed E-state index contributed by atoms with van der Waals surface area (Å²) < 4.78 is 75.2. The first kappa shape index (κ1) is 37.3. The molecule has 0 aliphatic rings. The highest BCUT2D eigenvalue weighted by Gasteiger charge is 2.73. The molecule has 1 unspecified atom stereocenters. The van der Waals surface area contributed by atoms with Crippen molar-refractivity contribution in [2.24, 2.45) is 0 Å². The Labute approximate surface area is 232 Å². The Bertz CT molecular complexity index is 754. The summed E-state index contributed by atoms with van der Waals surface area (Å²) in [4.78, 5) is 0. The molecule has 2 N–H and O–H groups in total. The van der Waals surface area contributed by atoms with Crippen molar-refractivity contribution in [3.8, 4) is 0 Å². The third-order valence-corrected chi connectivity index (χ3v) is 29.6. The molecule has 0 aromatic rings. The van der Waals surface area contributed by atoms with Gasteiger partial charge in [0.05, 0.1) is 8.07 Å². The molecule has 6 nitrogen and oxygen atoms in total. The van der Waals surface area contributed by atoms with Gasteiger partial charge in [0.25, 0.3) is 20.2 Å². The summed E-state index contributed by atoms with van der Waals surface area (Å²) in [6.07, 6.45) is 10.2. The van der Waals surface area contributed by atoms with Crippen LogP contribution in [0, 0.1) is 0 Å². The molecule has 0 saturated heterocycles. The predicted octanol–water partition coefficient (Wildman–Crippen LogP) is 9.09. The van der Waals surface area contributed by atoms with Crippen molar-refractivity contribution in [1.29, 1.82) is 0 Å². The molecule has 10 heteroatoms. The summed E-state index contributed by atoms with van der Waals surface area (Å²) in [7, 11) is -16.2. The predicted molar refractivity (Wildman–Crippen MR) is 165 cm³/mol. The first-order chi connectivity index (χ1) is 17.3. The van der Waals surface area contributed by atoms with Gasteiger partial charge in [0, 0.05) is 0 Å². The van der Waals surface area contributed by atoms with E-state index >= 15 is 0 Å². The SMILES string of the molecule is CCCC[Si](CCCC)(CCCC)C(C)C([Si](CCCC)(CCCC)CCCC)(S(=O)(=O)O)S(=O)(=O)O. The quantitative estimate of drug-likeness (QED) is 0.0894. The zero-order valence-corrected chi connectivity index (χ0v) is 28.8. The lowest BCUT2D eigenvalue weighted by Crippen LogP contribution is -2.72. The fourth-order valence-electron chi connectivity index (χ4n) is 7.04. The van der Waals surface area contributed by atoms with Crippen LogP contribution in [0.5, 0.6) is 0 Å². The molecule has 0 aliphatic heterocycles. The molecule has 0 fully saturated rings. The van der Waals surface area contributed by atoms with Gasteiger partial charge in [0.2, 0.25) is 3.70 Å². The van der Waals surface area contributed by atoms with Gasteiger partial charge in [0.15, 0.2) is 0 Å². The standard InChI is InChI=1S/C27H60O6S2Si2/c1-8-14-20-36(21-15-9-2,22-16-10-3)26(7)27(34(28,29)30,35(31,32)33)37(23-17-11-4,24-18-12-5)25-19-13-6/h26H,8-25H2,1-7H3,(H,28,29,30)(H,31,32,33). The number of hydrogen-bond acceptors (Lipinski definition) is 4. The van der Waals surface area contributed by atoms with Crippen molar-refractivity contribution in [1.82, 2.24) is 0 Å². The van der Waals surface area contributed by atoms with Crippen LogP contribution in [-0.2, 0) is 20.2 Å². The Hall–Kier alpha value is 0.254. The second kappa shape index (κ2) is 17.2. The van der Waals surface area contributed by atoms with Crippen LogP contribution in [0.3, 0.4) is 0 Å². The molecule has 0 spiro atoms. The van der Waals surface area contributed by atoms with Crippen LogP contribution in [0.2, 0.25) is 41.8 Å². The van der Waals surface area contributed by atoms with Crippen molar-refractivity contribution >= 4 is 36.4 Å². The lowest BCUT2D eigenvalue weighted by molar-refractivity contribution is 0.435. The molecule has 224 valence electrons. The maximum absolute atomic E-state index is 13.8. The van der Waals surface area contributed by atoms with E-state index in [-0.39, 0.29) is 0 Å². The van der Waals surface area contributed by atoms with E-state index in [4.69, 9.17) is 0 Å². The second-order valence-electron chi connectivity index (χ2n) is 11.6. The number of hydrogen-bond donors (Lipinski definition) is 2. The van der Waals surface area contributed by atoms with Gasteiger partial charge >= 0.3 is 0 Å². The molecule has 0 aromatic carbocycles. The number of rotatable bonds is 23. The van der Waals surface area contributed by atoms with Crippen LogP contribution in [0.1, 0.15) is 126 Å². The van der Waals surface area contributed by atoms with Crippen LogP contribution >= 0.6 is 0 Å². The maximum Gasteiger partial charge on any atom is 0.284 e. The second-order valence-corrected chi connectivity index (χ2v) is 25.7. The Balaban J connectivity index is 7.86. The van der Waals surface area contributed by atoms with Crippen LogP contribution < -0.4 is 0 Å². The van der Waals surface area contributed by atoms with Crippen molar-refractivity contribution in [2.75, 3.05) is 0 Å².